The van der Waals surface area contributed by atoms with Crippen LogP contribution in [0.15, 0.2) is 70.2 Å². The number of amides is 1. The number of carbonyl (C=O) groups excluding carboxylic acids is 1. The minimum absolute atomic E-state index is 0.212. The lowest BCUT2D eigenvalue weighted by atomic mass is 10.1. The van der Waals surface area contributed by atoms with Crippen LogP contribution < -0.4 is 10.2 Å². The van der Waals surface area contributed by atoms with Crippen LogP contribution in [0.3, 0.4) is 0 Å². The van der Waals surface area contributed by atoms with Gasteiger partial charge in [0.2, 0.25) is 0 Å². The standard InChI is InChI=1S/C21H17F3N2O3/c1-14-5-2-3-8-18(14)28-13-20(27)26-25-12-17-9-10-19(29-17)15-6-4-7-16(11-15)21(22,23)24/h2-12H,13H2,1H3,(H,26,27)/b25-12-. The zero-order valence-corrected chi connectivity index (χ0v) is 15.4. The van der Waals surface area contributed by atoms with Crippen molar-refractivity contribution in [2.24, 2.45) is 5.10 Å². The van der Waals surface area contributed by atoms with Crippen molar-refractivity contribution in [2.45, 2.75) is 13.1 Å². The van der Waals surface area contributed by atoms with Gasteiger partial charge in [-0.3, -0.25) is 4.79 Å². The van der Waals surface area contributed by atoms with Crippen LogP contribution in [0.25, 0.3) is 11.3 Å². The first kappa shape index (κ1) is 20.2. The van der Waals surface area contributed by atoms with Crippen molar-refractivity contribution in [3.63, 3.8) is 0 Å². The van der Waals surface area contributed by atoms with Crippen molar-refractivity contribution < 1.29 is 27.1 Å². The van der Waals surface area contributed by atoms with E-state index in [1.807, 2.05) is 19.1 Å². The Kier molecular flexibility index (Phi) is 6.01. The molecule has 0 fully saturated rings. The van der Waals surface area contributed by atoms with Gasteiger partial charge in [0, 0.05) is 5.56 Å². The molecule has 1 N–H and O–H groups in total. The van der Waals surface area contributed by atoms with E-state index in [-0.39, 0.29) is 23.7 Å². The predicted molar refractivity (Wildman–Crippen MR) is 102 cm³/mol. The summed E-state index contributed by atoms with van der Waals surface area (Å²) in [6.45, 7) is 1.65. The van der Waals surface area contributed by atoms with Gasteiger partial charge in [-0.1, -0.05) is 30.3 Å². The summed E-state index contributed by atoms with van der Waals surface area (Å²) in [5.74, 6) is 0.668. The number of halogens is 3. The molecule has 0 unspecified atom stereocenters. The molecule has 0 aliphatic rings. The van der Waals surface area contributed by atoms with Crippen molar-refractivity contribution in [1.29, 1.82) is 0 Å². The monoisotopic (exact) mass is 402 g/mol. The highest BCUT2D eigenvalue weighted by Gasteiger charge is 2.30. The summed E-state index contributed by atoms with van der Waals surface area (Å²) in [4.78, 5) is 11.8. The summed E-state index contributed by atoms with van der Waals surface area (Å²) in [6, 6.07) is 15.2. The zero-order valence-electron chi connectivity index (χ0n) is 15.4. The number of para-hydroxylation sites is 1. The van der Waals surface area contributed by atoms with Gasteiger partial charge < -0.3 is 9.15 Å². The number of benzene rings is 2. The molecule has 8 heteroatoms. The highest BCUT2D eigenvalue weighted by molar-refractivity contribution is 5.81. The predicted octanol–water partition coefficient (Wildman–Crippen LogP) is 4.80. The molecule has 0 spiro atoms. The fraction of sp³-hybridized carbons (Fsp3) is 0.143. The van der Waals surface area contributed by atoms with Crippen LogP contribution in [-0.2, 0) is 11.0 Å². The van der Waals surface area contributed by atoms with Crippen LogP contribution in [-0.4, -0.2) is 18.7 Å². The van der Waals surface area contributed by atoms with Crippen molar-refractivity contribution in [1.82, 2.24) is 5.43 Å². The number of aryl methyl sites for hydroxylation is 1. The number of furan rings is 1. The van der Waals surface area contributed by atoms with Crippen LogP contribution in [0.5, 0.6) is 5.75 Å². The summed E-state index contributed by atoms with van der Waals surface area (Å²) >= 11 is 0. The van der Waals surface area contributed by atoms with Crippen molar-refractivity contribution in [2.75, 3.05) is 6.61 Å². The first-order valence-electron chi connectivity index (χ1n) is 8.61. The number of rotatable bonds is 6. The lowest BCUT2D eigenvalue weighted by Gasteiger charge is -2.07. The van der Waals surface area contributed by atoms with Crippen molar-refractivity contribution in [3.8, 4) is 17.1 Å². The van der Waals surface area contributed by atoms with E-state index in [0.717, 1.165) is 17.7 Å². The summed E-state index contributed by atoms with van der Waals surface area (Å²) < 4.78 is 49.3. The minimum atomic E-state index is -4.43. The molecular formula is C21H17F3N2O3. The molecule has 2 aromatic carbocycles. The fourth-order valence-corrected chi connectivity index (χ4v) is 2.49. The first-order valence-corrected chi connectivity index (χ1v) is 8.61. The maximum atomic E-state index is 12.8. The van der Waals surface area contributed by atoms with Gasteiger partial charge in [-0.15, -0.1) is 0 Å². The second-order valence-corrected chi connectivity index (χ2v) is 6.13. The number of hydrazone groups is 1. The SMILES string of the molecule is Cc1ccccc1OCC(=O)N/N=C\c1ccc(-c2cccc(C(F)(F)F)c2)o1. The van der Waals surface area contributed by atoms with E-state index in [4.69, 9.17) is 9.15 Å². The summed E-state index contributed by atoms with van der Waals surface area (Å²) in [5, 5.41) is 3.76. The van der Waals surface area contributed by atoms with E-state index < -0.39 is 17.6 Å². The Balaban J connectivity index is 1.57. The molecule has 0 atom stereocenters. The molecule has 5 nitrogen and oxygen atoms in total. The minimum Gasteiger partial charge on any atom is -0.483 e. The third-order valence-electron chi connectivity index (χ3n) is 3.93. The van der Waals surface area contributed by atoms with Crippen LogP contribution in [0, 0.1) is 6.92 Å². The van der Waals surface area contributed by atoms with Gasteiger partial charge in [0.05, 0.1) is 11.8 Å². The number of carbonyl (C=O) groups is 1. The Bertz CT molecular complexity index is 1030. The molecule has 3 aromatic rings. The van der Waals surface area contributed by atoms with Gasteiger partial charge in [0.1, 0.15) is 17.3 Å². The Morgan fingerprint density at radius 3 is 2.69 bits per heavy atom. The van der Waals surface area contributed by atoms with Gasteiger partial charge >= 0.3 is 6.18 Å². The van der Waals surface area contributed by atoms with Gasteiger partial charge in [-0.2, -0.15) is 18.3 Å². The maximum absolute atomic E-state index is 12.8. The topological polar surface area (TPSA) is 63.8 Å². The fourth-order valence-electron chi connectivity index (χ4n) is 2.49. The number of nitrogens with one attached hydrogen (secondary N) is 1. The Morgan fingerprint density at radius 1 is 1.14 bits per heavy atom. The zero-order chi connectivity index (χ0) is 20.9. The molecule has 3 rings (SSSR count). The van der Waals surface area contributed by atoms with Gasteiger partial charge in [-0.25, -0.2) is 5.43 Å². The summed E-state index contributed by atoms with van der Waals surface area (Å²) in [6.07, 6.45) is -3.18. The second kappa shape index (κ2) is 8.64. The Hall–Kier alpha value is -3.55. The van der Waals surface area contributed by atoms with Gasteiger partial charge in [-0.05, 0) is 42.8 Å². The first-order chi connectivity index (χ1) is 13.8. The lowest BCUT2D eigenvalue weighted by molar-refractivity contribution is -0.137. The molecule has 150 valence electrons. The quantitative estimate of drug-likeness (QED) is 0.476. The Morgan fingerprint density at radius 2 is 1.93 bits per heavy atom. The molecule has 0 aliphatic heterocycles. The average Bonchev–Trinajstić information content (AvgIpc) is 3.16. The third-order valence-corrected chi connectivity index (χ3v) is 3.93. The maximum Gasteiger partial charge on any atom is 0.416 e. The molecule has 29 heavy (non-hydrogen) atoms. The molecule has 0 radical (unpaired) electrons. The third kappa shape index (κ3) is 5.47. The van der Waals surface area contributed by atoms with Crippen LogP contribution in [0.4, 0.5) is 13.2 Å². The highest BCUT2D eigenvalue weighted by atomic mass is 19.4. The van der Waals surface area contributed by atoms with E-state index >= 15 is 0 Å². The number of nitrogens with zero attached hydrogens (tertiary/aromatic N) is 1. The molecule has 0 aliphatic carbocycles. The summed E-state index contributed by atoms with van der Waals surface area (Å²) in [7, 11) is 0. The molecule has 1 aromatic heterocycles. The van der Waals surface area contributed by atoms with E-state index in [0.29, 0.717) is 5.75 Å². The van der Waals surface area contributed by atoms with E-state index in [1.54, 1.807) is 12.1 Å². The van der Waals surface area contributed by atoms with Crippen LogP contribution in [0.2, 0.25) is 0 Å². The van der Waals surface area contributed by atoms with Gasteiger partial charge in [0.25, 0.3) is 5.91 Å². The average molecular weight is 402 g/mol. The number of hydrogen-bond donors (Lipinski definition) is 1. The largest absolute Gasteiger partial charge is 0.483 e. The van der Waals surface area contributed by atoms with E-state index in [1.165, 1.54) is 30.5 Å². The molecule has 1 heterocycles. The molecule has 0 saturated heterocycles. The number of hydrogen-bond acceptors (Lipinski definition) is 4. The highest BCUT2D eigenvalue weighted by Crippen LogP contribution is 2.32. The second-order valence-electron chi connectivity index (χ2n) is 6.13. The lowest BCUT2D eigenvalue weighted by Crippen LogP contribution is -2.24. The van der Waals surface area contributed by atoms with Crippen molar-refractivity contribution >= 4 is 12.1 Å². The van der Waals surface area contributed by atoms with Gasteiger partial charge in [0.15, 0.2) is 6.61 Å². The van der Waals surface area contributed by atoms with E-state index in [9.17, 15) is 18.0 Å². The molecular weight excluding hydrogens is 385 g/mol. The molecule has 0 bridgehead atoms. The molecule has 0 saturated carbocycles. The van der Waals surface area contributed by atoms with Crippen LogP contribution >= 0.6 is 0 Å². The molecule has 1 amide bonds. The van der Waals surface area contributed by atoms with Crippen molar-refractivity contribution in [3.05, 3.63) is 77.6 Å². The smallest absolute Gasteiger partial charge is 0.416 e. The number of ether oxygens (including phenoxy) is 1. The normalized spacial score (nSPS) is 11.6. The van der Waals surface area contributed by atoms with Crippen LogP contribution in [0.1, 0.15) is 16.9 Å². The van der Waals surface area contributed by atoms with E-state index in [2.05, 4.69) is 10.5 Å². The summed E-state index contributed by atoms with van der Waals surface area (Å²) in [5.41, 5.74) is 2.73. The number of alkyl halides is 3. The Labute approximate surface area is 164 Å².